The first-order valence-electron chi connectivity index (χ1n) is 8.44. The molecule has 0 aromatic carbocycles. The number of rotatable bonds is 3. The highest BCUT2D eigenvalue weighted by atomic mass is 35.5. The number of nitrogens with zero attached hydrogens (tertiary/aromatic N) is 6. The van der Waals surface area contributed by atoms with Crippen LogP contribution >= 0.6 is 11.6 Å². The van der Waals surface area contributed by atoms with E-state index in [0.717, 1.165) is 16.8 Å². The van der Waals surface area contributed by atoms with Gasteiger partial charge in [-0.15, -0.1) is 0 Å². The average Bonchev–Trinajstić information content (AvgIpc) is 3.21. The maximum Gasteiger partial charge on any atom is 0.247 e. The monoisotopic (exact) mass is 410 g/mol. The molecular weight excluding hydrogens is 392 g/mol. The summed E-state index contributed by atoms with van der Waals surface area (Å²) in [7, 11) is -2.24. The topological polar surface area (TPSA) is 106 Å². The Morgan fingerprint density at radius 2 is 2.11 bits per heavy atom. The number of halogens is 1. The molecule has 1 saturated heterocycles. The van der Waals surface area contributed by atoms with Crippen molar-refractivity contribution in [2.45, 2.75) is 30.3 Å². The van der Waals surface area contributed by atoms with Crippen molar-refractivity contribution in [2.24, 2.45) is 7.05 Å². The number of aryl methyl sites for hydroxylation is 2. The van der Waals surface area contributed by atoms with Crippen LogP contribution in [-0.2, 0) is 17.1 Å². The molecule has 4 heterocycles. The summed E-state index contributed by atoms with van der Waals surface area (Å²) in [5.41, 5.74) is 2.67. The minimum absolute atomic E-state index is 0.00689. The van der Waals surface area contributed by atoms with Crippen LogP contribution in [0.2, 0.25) is 5.15 Å². The van der Waals surface area contributed by atoms with Gasteiger partial charge in [-0.3, -0.25) is 4.68 Å². The molecule has 0 spiro atoms. The number of β-amino-alcohol motifs (C(OH)–C–C–N with tert-alkyl or cyclic N) is 1. The molecule has 3 aromatic heterocycles. The lowest BCUT2D eigenvalue weighted by Crippen LogP contribution is -2.45. The van der Waals surface area contributed by atoms with E-state index in [1.807, 2.05) is 19.2 Å². The number of piperidine rings is 1. The minimum Gasteiger partial charge on any atom is -0.391 e. The molecule has 0 aliphatic carbocycles. The van der Waals surface area contributed by atoms with Gasteiger partial charge in [0.1, 0.15) is 16.4 Å². The Morgan fingerprint density at radius 1 is 1.33 bits per heavy atom. The van der Waals surface area contributed by atoms with Crippen molar-refractivity contribution in [3.05, 3.63) is 41.1 Å². The van der Waals surface area contributed by atoms with Gasteiger partial charge in [0.15, 0.2) is 5.65 Å². The summed E-state index contributed by atoms with van der Waals surface area (Å²) in [5.74, 6) is -0.186. The van der Waals surface area contributed by atoms with Gasteiger partial charge in [-0.25, -0.2) is 17.9 Å². The van der Waals surface area contributed by atoms with Gasteiger partial charge in [0, 0.05) is 32.3 Å². The molecule has 144 valence electrons. The number of aliphatic hydroxyl groups is 1. The molecule has 1 fully saturated rings. The molecule has 0 bridgehead atoms. The Labute approximate surface area is 161 Å². The Balaban J connectivity index is 1.60. The second-order valence-electron chi connectivity index (χ2n) is 6.72. The zero-order chi connectivity index (χ0) is 19.3. The second-order valence-corrected chi connectivity index (χ2v) is 8.99. The molecule has 27 heavy (non-hydrogen) atoms. The fourth-order valence-corrected chi connectivity index (χ4v) is 5.44. The van der Waals surface area contributed by atoms with E-state index in [1.54, 1.807) is 11.6 Å². The SMILES string of the molecule is Cc1cc2ncnn2cc1C1CCN(S(=O)(=O)c2cnn(C)c2Cl)C[C@H]1O. The normalized spacial score (nSPS) is 21.8. The summed E-state index contributed by atoms with van der Waals surface area (Å²) in [6.45, 7) is 2.23. The van der Waals surface area contributed by atoms with Crippen LogP contribution in [0.5, 0.6) is 0 Å². The van der Waals surface area contributed by atoms with E-state index in [0.29, 0.717) is 6.42 Å². The summed E-state index contributed by atoms with van der Waals surface area (Å²) < 4.78 is 30.0. The number of aromatic nitrogens is 5. The Kier molecular flexibility index (Phi) is 4.46. The maximum absolute atomic E-state index is 12.9. The number of fused-ring (bicyclic) bond motifs is 1. The number of pyridine rings is 1. The van der Waals surface area contributed by atoms with Crippen LogP contribution in [-0.4, -0.2) is 61.4 Å². The fraction of sp³-hybridized carbons (Fsp3) is 0.438. The minimum atomic E-state index is -3.82. The lowest BCUT2D eigenvalue weighted by molar-refractivity contribution is 0.0850. The van der Waals surface area contributed by atoms with Crippen molar-refractivity contribution in [1.82, 2.24) is 28.7 Å². The molecule has 2 atom stereocenters. The van der Waals surface area contributed by atoms with Crippen molar-refractivity contribution in [3.8, 4) is 0 Å². The van der Waals surface area contributed by atoms with Crippen molar-refractivity contribution in [1.29, 1.82) is 0 Å². The third kappa shape index (κ3) is 3.02. The first-order valence-corrected chi connectivity index (χ1v) is 10.3. The molecule has 0 amide bonds. The van der Waals surface area contributed by atoms with Gasteiger partial charge in [0.05, 0.1) is 12.3 Å². The van der Waals surface area contributed by atoms with Crippen LogP contribution in [0.25, 0.3) is 5.65 Å². The van der Waals surface area contributed by atoms with E-state index in [9.17, 15) is 13.5 Å². The van der Waals surface area contributed by atoms with Crippen LogP contribution in [0.3, 0.4) is 0 Å². The van der Waals surface area contributed by atoms with Crippen LogP contribution in [0.15, 0.2) is 29.7 Å². The molecule has 3 aromatic rings. The molecule has 1 aliphatic rings. The van der Waals surface area contributed by atoms with E-state index < -0.39 is 16.1 Å². The van der Waals surface area contributed by atoms with E-state index in [-0.39, 0.29) is 29.1 Å². The molecule has 11 heteroatoms. The van der Waals surface area contributed by atoms with Gasteiger partial charge in [-0.2, -0.15) is 14.5 Å². The van der Waals surface area contributed by atoms with Gasteiger partial charge in [0.2, 0.25) is 10.0 Å². The lowest BCUT2D eigenvalue weighted by atomic mass is 9.86. The van der Waals surface area contributed by atoms with E-state index in [2.05, 4.69) is 15.2 Å². The highest BCUT2D eigenvalue weighted by molar-refractivity contribution is 7.89. The molecule has 0 saturated carbocycles. The molecule has 4 rings (SSSR count). The predicted octanol–water partition coefficient (Wildman–Crippen LogP) is 0.964. The number of hydrogen-bond donors (Lipinski definition) is 1. The van der Waals surface area contributed by atoms with Gasteiger partial charge in [-0.1, -0.05) is 11.6 Å². The summed E-state index contributed by atoms with van der Waals surface area (Å²) in [5, 5.41) is 18.8. The summed E-state index contributed by atoms with van der Waals surface area (Å²) in [4.78, 5) is 4.11. The largest absolute Gasteiger partial charge is 0.391 e. The quantitative estimate of drug-likeness (QED) is 0.689. The highest BCUT2D eigenvalue weighted by Gasteiger charge is 2.37. The Bertz CT molecular complexity index is 1110. The van der Waals surface area contributed by atoms with E-state index in [1.165, 1.54) is 21.5 Å². The van der Waals surface area contributed by atoms with E-state index >= 15 is 0 Å². The first-order chi connectivity index (χ1) is 12.8. The number of sulfonamides is 1. The molecule has 1 N–H and O–H groups in total. The van der Waals surface area contributed by atoms with E-state index in [4.69, 9.17) is 11.6 Å². The van der Waals surface area contributed by atoms with Crippen molar-refractivity contribution in [2.75, 3.05) is 13.1 Å². The zero-order valence-corrected chi connectivity index (χ0v) is 16.4. The molecule has 0 radical (unpaired) electrons. The third-order valence-electron chi connectivity index (χ3n) is 5.06. The van der Waals surface area contributed by atoms with Crippen molar-refractivity contribution in [3.63, 3.8) is 0 Å². The summed E-state index contributed by atoms with van der Waals surface area (Å²) >= 11 is 6.06. The number of hydrogen-bond acceptors (Lipinski definition) is 6. The Hall–Kier alpha value is -2.01. The van der Waals surface area contributed by atoms with Crippen LogP contribution < -0.4 is 0 Å². The van der Waals surface area contributed by atoms with Crippen LogP contribution in [0.1, 0.15) is 23.5 Å². The molecule has 1 aliphatic heterocycles. The lowest BCUT2D eigenvalue weighted by Gasteiger charge is -2.35. The highest BCUT2D eigenvalue weighted by Crippen LogP contribution is 2.34. The van der Waals surface area contributed by atoms with Gasteiger partial charge in [-0.05, 0) is 30.5 Å². The maximum atomic E-state index is 12.9. The third-order valence-corrected chi connectivity index (χ3v) is 7.49. The molecular formula is C16H19ClN6O3S. The predicted molar refractivity (Wildman–Crippen MR) is 98.1 cm³/mol. The van der Waals surface area contributed by atoms with Crippen molar-refractivity contribution < 1.29 is 13.5 Å². The second kappa shape index (κ2) is 6.55. The van der Waals surface area contributed by atoms with Gasteiger partial charge >= 0.3 is 0 Å². The molecule has 9 nitrogen and oxygen atoms in total. The van der Waals surface area contributed by atoms with Crippen molar-refractivity contribution >= 4 is 27.3 Å². The summed E-state index contributed by atoms with van der Waals surface area (Å²) in [6.07, 6.45) is 4.21. The Morgan fingerprint density at radius 3 is 2.78 bits per heavy atom. The van der Waals surface area contributed by atoms with Crippen LogP contribution in [0, 0.1) is 6.92 Å². The van der Waals surface area contributed by atoms with Crippen LogP contribution in [0.4, 0.5) is 0 Å². The smallest absolute Gasteiger partial charge is 0.247 e. The summed E-state index contributed by atoms with van der Waals surface area (Å²) in [6, 6.07) is 1.91. The number of aliphatic hydroxyl groups excluding tert-OH is 1. The standard InChI is InChI=1S/C16H19ClN6O3S/c1-10-5-15-18-9-20-23(15)7-12(10)11-3-4-22(8-13(11)24)27(25,26)14-6-19-21(2)16(14)17/h5-7,9,11,13,24H,3-4,8H2,1-2H3/t11?,13-/m1/s1. The van der Waals surface area contributed by atoms with Gasteiger partial charge in [0.25, 0.3) is 0 Å². The van der Waals surface area contributed by atoms with Gasteiger partial charge < -0.3 is 5.11 Å². The average molecular weight is 411 g/mol. The zero-order valence-electron chi connectivity index (χ0n) is 14.8. The molecule has 1 unspecified atom stereocenters. The fourth-order valence-electron chi connectivity index (χ4n) is 3.56. The first kappa shape index (κ1) is 18.4.